The number of halogens is 2. The summed E-state index contributed by atoms with van der Waals surface area (Å²) in [4.78, 5) is 4.09. The Morgan fingerprint density at radius 2 is 2.19 bits per heavy atom. The van der Waals surface area contributed by atoms with Crippen LogP contribution in [-0.2, 0) is 4.74 Å². The molecule has 0 aromatic heterocycles. The number of β-amino-alcohol motifs (C(OH)–C–C–N with tert-alkyl or cyclic N) is 1. The van der Waals surface area contributed by atoms with Gasteiger partial charge in [0, 0.05) is 37.8 Å². The van der Waals surface area contributed by atoms with Gasteiger partial charge in [-0.25, -0.2) is 8.78 Å². The number of ether oxygens (including phenoxy) is 1. The lowest BCUT2D eigenvalue weighted by Gasteiger charge is -2.35. The van der Waals surface area contributed by atoms with Crippen LogP contribution in [0.5, 0.6) is 0 Å². The van der Waals surface area contributed by atoms with E-state index >= 15 is 0 Å². The molecule has 0 spiro atoms. The lowest BCUT2D eigenvalue weighted by atomic mass is 10.1. The van der Waals surface area contributed by atoms with Gasteiger partial charge in [0.15, 0.2) is 0 Å². The molecule has 1 aliphatic heterocycles. The number of morpholine rings is 1. The average molecular weight is 300 g/mol. The van der Waals surface area contributed by atoms with E-state index in [0.717, 1.165) is 18.7 Å². The second-order valence-corrected chi connectivity index (χ2v) is 5.70. The molecule has 21 heavy (non-hydrogen) atoms. The molecular weight excluding hydrogens is 278 g/mol. The number of likely N-dealkylation sites (N-methyl/N-ethyl adjacent to an activating group) is 1. The molecule has 0 unspecified atom stereocenters. The minimum atomic E-state index is -0.969. The van der Waals surface area contributed by atoms with Gasteiger partial charge < -0.3 is 14.7 Å². The van der Waals surface area contributed by atoms with Crippen molar-refractivity contribution in [3.63, 3.8) is 0 Å². The summed E-state index contributed by atoms with van der Waals surface area (Å²) in [5.41, 5.74) is 0.132. The van der Waals surface area contributed by atoms with Crippen LogP contribution in [0, 0.1) is 11.6 Å². The number of aliphatic hydroxyl groups is 1. The SMILES string of the molecule is CN(C)C[C@H]1CN(C[C@@H](O)c2ccc(F)cc2F)CCO1. The second-order valence-electron chi connectivity index (χ2n) is 5.70. The summed E-state index contributed by atoms with van der Waals surface area (Å²) in [6, 6.07) is 3.26. The lowest BCUT2D eigenvalue weighted by Crippen LogP contribution is -2.47. The van der Waals surface area contributed by atoms with E-state index in [4.69, 9.17) is 4.74 Å². The van der Waals surface area contributed by atoms with Gasteiger partial charge in [-0.05, 0) is 20.2 Å². The third-order valence-corrected chi connectivity index (χ3v) is 3.54. The fourth-order valence-corrected chi connectivity index (χ4v) is 2.58. The van der Waals surface area contributed by atoms with Gasteiger partial charge in [0.05, 0.1) is 18.8 Å². The van der Waals surface area contributed by atoms with Gasteiger partial charge >= 0.3 is 0 Å². The van der Waals surface area contributed by atoms with Crippen molar-refractivity contribution in [2.24, 2.45) is 0 Å². The fourth-order valence-electron chi connectivity index (χ4n) is 2.58. The summed E-state index contributed by atoms with van der Waals surface area (Å²) in [6.45, 7) is 3.10. The van der Waals surface area contributed by atoms with E-state index < -0.39 is 17.7 Å². The summed E-state index contributed by atoms with van der Waals surface area (Å²) in [6.07, 6.45) is -0.886. The Labute approximate surface area is 123 Å². The van der Waals surface area contributed by atoms with Crippen molar-refractivity contribution in [3.8, 4) is 0 Å². The molecule has 118 valence electrons. The first-order chi connectivity index (χ1) is 9.95. The molecule has 0 radical (unpaired) electrons. The Morgan fingerprint density at radius 1 is 1.43 bits per heavy atom. The monoisotopic (exact) mass is 300 g/mol. The summed E-state index contributed by atoms with van der Waals surface area (Å²) in [5.74, 6) is -1.35. The van der Waals surface area contributed by atoms with Crippen LogP contribution in [0.25, 0.3) is 0 Å². The Morgan fingerprint density at radius 3 is 2.86 bits per heavy atom. The minimum Gasteiger partial charge on any atom is -0.387 e. The molecule has 1 N–H and O–H groups in total. The molecule has 4 nitrogen and oxygen atoms in total. The van der Waals surface area contributed by atoms with Gasteiger partial charge in [0.25, 0.3) is 0 Å². The number of rotatable bonds is 5. The highest BCUT2D eigenvalue weighted by atomic mass is 19.1. The van der Waals surface area contributed by atoms with Crippen LogP contribution in [0.1, 0.15) is 11.7 Å². The molecule has 1 aromatic rings. The lowest BCUT2D eigenvalue weighted by molar-refractivity contribution is -0.0491. The third kappa shape index (κ3) is 4.71. The maximum absolute atomic E-state index is 13.7. The highest BCUT2D eigenvalue weighted by Crippen LogP contribution is 2.20. The molecule has 0 amide bonds. The third-order valence-electron chi connectivity index (χ3n) is 3.54. The van der Waals surface area contributed by atoms with E-state index in [2.05, 4.69) is 0 Å². The minimum absolute atomic E-state index is 0.0824. The predicted octanol–water partition coefficient (Wildman–Crippen LogP) is 1.26. The Hall–Kier alpha value is -1.08. The zero-order valence-electron chi connectivity index (χ0n) is 12.4. The van der Waals surface area contributed by atoms with Crippen molar-refractivity contribution >= 4 is 0 Å². The molecule has 1 aliphatic rings. The average Bonchev–Trinajstić information content (AvgIpc) is 2.37. The van der Waals surface area contributed by atoms with Crippen LogP contribution >= 0.6 is 0 Å². The van der Waals surface area contributed by atoms with Crippen LogP contribution < -0.4 is 0 Å². The van der Waals surface area contributed by atoms with Gasteiger partial charge in [-0.1, -0.05) is 6.07 Å². The Balaban J connectivity index is 1.94. The highest BCUT2D eigenvalue weighted by Gasteiger charge is 2.24. The summed E-state index contributed by atoms with van der Waals surface area (Å²) >= 11 is 0. The van der Waals surface area contributed by atoms with Crippen LogP contribution in [-0.4, -0.2) is 67.9 Å². The molecule has 0 aliphatic carbocycles. The maximum Gasteiger partial charge on any atom is 0.131 e. The van der Waals surface area contributed by atoms with Crippen LogP contribution in [0.3, 0.4) is 0 Å². The first-order valence-corrected chi connectivity index (χ1v) is 7.07. The van der Waals surface area contributed by atoms with E-state index in [0.29, 0.717) is 26.2 Å². The molecule has 2 atom stereocenters. The zero-order valence-corrected chi connectivity index (χ0v) is 12.4. The topological polar surface area (TPSA) is 35.9 Å². The number of benzene rings is 1. The van der Waals surface area contributed by atoms with Crippen LogP contribution in [0.4, 0.5) is 8.78 Å². The maximum atomic E-state index is 13.7. The number of nitrogens with zero attached hydrogens (tertiary/aromatic N) is 2. The smallest absolute Gasteiger partial charge is 0.131 e. The molecule has 2 rings (SSSR count). The molecule has 0 bridgehead atoms. The van der Waals surface area contributed by atoms with Crippen molar-refractivity contribution in [1.82, 2.24) is 9.80 Å². The van der Waals surface area contributed by atoms with E-state index in [1.165, 1.54) is 6.07 Å². The second kappa shape index (κ2) is 7.26. The van der Waals surface area contributed by atoms with Crippen molar-refractivity contribution in [2.75, 3.05) is 46.9 Å². The molecule has 1 fully saturated rings. The highest BCUT2D eigenvalue weighted by molar-refractivity contribution is 5.21. The molecule has 1 saturated heterocycles. The van der Waals surface area contributed by atoms with Crippen molar-refractivity contribution < 1.29 is 18.6 Å². The number of aliphatic hydroxyl groups excluding tert-OH is 1. The quantitative estimate of drug-likeness (QED) is 0.888. The van der Waals surface area contributed by atoms with Gasteiger partial charge in [0.2, 0.25) is 0 Å². The standard InChI is InChI=1S/C15H22F2N2O2/c1-18(2)8-12-9-19(5-6-21-12)10-15(20)13-4-3-11(16)7-14(13)17/h3-4,7,12,15,20H,5-6,8-10H2,1-2H3/t12-,15+/m0/s1. The van der Waals surface area contributed by atoms with Crippen molar-refractivity contribution in [2.45, 2.75) is 12.2 Å². The summed E-state index contributed by atoms with van der Waals surface area (Å²) in [5, 5.41) is 10.2. The van der Waals surface area contributed by atoms with Crippen LogP contribution in [0.2, 0.25) is 0 Å². The van der Waals surface area contributed by atoms with Gasteiger partial charge in [-0.2, -0.15) is 0 Å². The first kappa shape index (κ1) is 16.3. The molecular formula is C15H22F2N2O2. The predicted molar refractivity (Wildman–Crippen MR) is 76.1 cm³/mol. The van der Waals surface area contributed by atoms with Crippen molar-refractivity contribution in [3.05, 3.63) is 35.4 Å². The van der Waals surface area contributed by atoms with E-state index in [1.54, 1.807) is 0 Å². The molecule has 1 aromatic carbocycles. The Kier molecular flexibility index (Phi) is 5.64. The summed E-state index contributed by atoms with van der Waals surface area (Å²) in [7, 11) is 3.95. The van der Waals surface area contributed by atoms with Gasteiger partial charge in [0.1, 0.15) is 11.6 Å². The summed E-state index contributed by atoms with van der Waals surface area (Å²) < 4.78 is 32.2. The molecule has 1 heterocycles. The fraction of sp³-hybridized carbons (Fsp3) is 0.600. The van der Waals surface area contributed by atoms with E-state index in [1.807, 2.05) is 23.9 Å². The van der Waals surface area contributed by atoms with E-state index in [9.17, 15) is 13.9 Å². The number of hydrogen-bond donors (Lipinski definition) is 1. The largest absolute Gasteiger partial charge is 0.387 e. The number of hydrogen-bond acceptors (Lipinski definition) is 4. The normalized spacial score (nSPS) is 21.7. The van der Waals surface area contributed by atoms with E-state index in [-0.39, 0.29) is 11.7 Å². The van der Waals surface area contributed by atoms with Gasteiger partial charge in [-0.3, -0.25) is 4.90 Å². The van der Waals surface area contributed by atoms with Crippen LogP contribution in [0.15, 0.2) is 18.2 Å². The molecule has 0 saturated carbocycles. The Bertz CT molecular complexity index is 471. The van der Waals surface area contributed by atoms with Crippen molar-refractivity contribution in [1.29, 1.82) is 0 Å². The van der Waals surface area contributed by atoms with Gasteiger partial charge in [-0.15, -0.1) is 0 Å². The first-order valence-electron chi connectivity index (χ1n) is 7.07. The zero-order chi connectivity index (χ0) is 15.4. The molecule has 6 heteroatoms.